The van der Waals surface area contributed by atoms with Gasteiger partial charge in [-0.05, 0) is 47.9 Å². The van der Waals surface area contributed by atoms with Crippen LogP contribution in [-0.2, 0) is 6.42 Å². The van der Waals surface area contributed by atoms with E-state index in [1.807, 2.05) is 0 Å². The van der Waals surface area contributed by atoms with Crippen LogP contribution >= 0.6 is 31.9 Å². The Balaban J connectivity index is 1.88. The lowest BCUT2D eigenvalue weighted by Gasteiger charge is -2.25. The van der Waals surface area contributed by atoms with Gasteiger partial charge in [0.1, 0.15) is 0 Å². The van der Waals surface area contributed by atoms with Gasteiger partial charge in [-0.15, -0.1) is 0 Å². The first kappa shape index (κ1) is 13.6. The van der Waals surface area contributed by atoms with Crippen molar-refractivity contribution in [1.29, 1.82) is 0 Å². The molecule has 0 bridgehead atoms. The van der Waals surface area contributed by atoms with Crippen molar-refractivity contribution in [1.82, 2.24) is 10.3 Å². The molecule has 0 fully saturated rings. The second-order valence-electron chi connectivity index (χ2n) is 5.40. The Morgan fingerprint density at radius 2 is 1.71 bits per heavy atom. The molecule has 0 aliphatic carbocycles. The molecule has 0 amide bonds. The van der Waals surface area contributed by atoms with Gasteiger partial charge in [-0.25, -0.2) is 0 Å². The molecule has 2 aromatic carbocycles. The lowest BCUT2D eigenvalue weighted by molar-refractivity contribution is 0.560. The molecule has 0 saturated carbocycles. The summed E-state index contributed by atoms with van der Waals surface area (Å²) in [6.07, 6.45) is 1.07. The molecule has 106 valence electrons. The van der Waals surface area contributed by atoms with Gasteiger partial charge in [0.2, 0.25) is 0 Å². The molecule has 2 heterocycles. The molecule has 0 saturated heterocycles. The van der Waals surface area contributed by atoms with Crippen LogP contribution in [0.3, 0.4) is 0 Å². The molecule has 0 radical (unpaired) electrons. The van der Waals surface area contributed by atoms with E-state index in [2.05, 4.69) is 84.6 Å². The molecular weight excluding hydrogens is 392 g/mol. The third-order valence-electron chi connectivity index (χ3n) is 4.12. The monoisotopic (exact) mass is 404 g/mol. The standard InChI is InChI=1S/C17H14Br2N2/c18-11-3-1-10(2-4-11)16-17-13(7-8-20-16)14-9-12(19)5-6-15(14)21-17/h1-6,9,16,20-21H,7-8H2. The van der Waals surface area contributed by atoms with Crippen LogP contribution in [-0.4, -0.2) is 11.5 Å². The van der Waals surface area contributed by atoms with Crippen molar-refractivity contribution >= 4 is 42.8 Å². The Morgan fingerprint density at radius 1 is 0.952 bits per heavy atom. The highest BCUT2D eigenvalue weighted by atomic mass is 79.9. The highest BCUT2D eigenvalue weighted by Gasteiger charge is 2.25. The van der Waals surface area contributed by atoms with Gasteiger partial charge >= 0.3 is 0 Å². The summed E-state index contributed by atoms with van der Waals surface area (Å²) in [5.74, 6) is 0. The Bertz CT molecular complexity index is 806. The smallest absolute Gasteiger partial charge is 0.0732 e. The van der Waals surface area contributed by atoms with Crippen LogP contribution in [0.4, 0.5) is 0 Å². The van der Waals surface area contributed by atoms with Crippen molar-refractivity contribution in [2.45, 2.75) is 12.5 Å². The predicted molar refractivity (Wildman–Crippen MR) is 93.7 cm³/mol. The number of fused-ring (bicyclic) bond motifs is 3. The van der Waals surface area contributed by atoms with Crippen LogP contribution < -0.4 is 5.32 Å². The van der Waals surface area contributed by atoms with Gasteiger partial charge in [-0.1, -0.05) is 44.0 Å². The maximum atomic E-state index is 3.63. The van der Waals surface area contributed by atoms with Gasteiger partial charge < -0.3 is 10.3 Å². The lowest BCUT2D eigenvalue weighted by atomic mass is 9.94. The maximum Gasteiger partial charge on any atom is 0.0732 e. The first-order valence-corrected chi connectivity index (χ1v) is 8.60. The highest BCUT2D eigenvalue weighted by Crippen LogP contribution is 2.34. The quantitative estimate of drug-likeness (QED) is 0.590. The summed E-state index contributed by atoms with van der Waals surface area (Å²) in [5.41, 5.74) is 5.26. The van der Waals surface area contributed by atoms with Crippen molar-refractivity contribution in [3.8, 4) is 0 Å². The third kappa shape index (κ3) is 2.35. The Hall–Kier alpha value is -1.10. The summed E-state index contributed by atoms with van der Waals surface area (Å²) >= 11 is 7.08. The van der Waals surface area contributed by atoms with Crippen LogP contribution in [0.15, 0.2) is 51.4 Å². The normalized spacial score (nSPS) is 17.9. The van der Waals surface area contributed by atoms with E-state index in [0.717, 1.165) is 21.9 Å². The van der Waals surface area contributed by atoms with Crippen LogP contribution in [0.5, 0.6) is 0 Å². The van der Waals surface area contributed by atoms with E-state index < -0.39 is 0 Å². The number of nitrogens with one attached hydrogen (secondary N) is 2. The van der Waals surface area contributed by atoms with E-state index in [9.17, 15) is 0 Å². The van der Waals surface area contributed by atoms with Crippen molar-refractivity contribution in [3.05, 3.63) is 68.2 Å². The molecule has 1 aromatic heterocycles. The number of hydrogen-bond acceptors (Lipinski definition) is 1. The van der Waals surface area contributed by atoms with E-state index >= 15 is 0 Å². The fourth-order valence-electron chi connectivity index (χ4n) is 3.14. The number of rotatable bonds is 1. The van der Waals surface area contributed by atoms with E-state index in [0.29, 0.717) is 0 Å². The van der Waals surface area contributed by atoms with Crippen LogP contribution in [0.25, 0.3) is 10.9 Å². The van der Waals surface area contributed by atoms with Gasteiger partial charge in [0.05, 0.1) is 6.04 Å². The zero-order chi connectivity index (χ0) is 14.4. The van der Waals surface area contributed by atoms with Crippen LogP contribution in [0, 0.1) is 0 Å². The molecule has 1 aliphatic rings. The molecule has 4 heteroatoms. The van der Waals surface area contributed by atoms with Crippen molar-refractivity contribution in [2.24, 2.45) is 0 Å². The molecule has 4 rings (SSSR count). The first-order valence-electron chi connectivity index (χ1n) is 7.01. The second-order valence-corrected chi connectivity index (χ2v) is 7.23. The van der Waals surface area contributed by atoms with Gasteiger partial charge in [-0.2, -0.15) is 0 Å². The number of hydrogen-bond donors (Lipinski definition) is 2. The second kappa shape index (κ2) is 5.27. The fourth-order valence-corrected chi connectivity index (χ4v) is 3.77. The summed E-state index contributed by atoms with van der Waals surface area (Å²) in [6.45, 7) is 1.01. The predicted octanol–water partition coefficient (Wildman–Crippen LogP) is 4.93. The summed E-state index contributed by atoms with van der Waals surface area (Å²) < 4.78 is 2.25. The Labute approximate surface area is 140 Å². The molecule has 1 unspecified atom stereocenters. The Kier molecular flexibility index (Phi) is 3.40. The first-order chi connectivity index (χ1) is 10.2. The van der Waals surface area contributed by atoms with Gasteiger partial charge in [0, 0.05) is 32.1 Å². The molecule has 1 atom stereocenters. The molecule has 3 aromatic rings. The Morgan fingerprint density at radius 3 is 2.52 bits per heavy atom. The zero-order valence-corrected chi connectivity index (χ0v) is 14.5. The van der Waals surface area contributed by atoms with Crippen LogP contribution in [0.1, 0.15) is 22.9 Å². The summed E-state index contributed by atoms with van der Waals surface area (Å²) in [6, 6.07) is 15.3. The number of benzene rings is 2. The topological polar surface area (TPSA) is 27.8 Å². The number of aromatic nitrogens is 1. The zero-order valence-electron chi connectivity index (χ0n) is 11.3. The van der Waals surface area contributed by atoms with E-state index in [1.165, 1.54) is 27.7 Å². The summed E-state index contributed by atoms with van der Waals surface area (Å²) in [5, 5.41) is 4.96. The van der Waals surface area contributed by atoms with Crippen molar-refractivity contribution in [2.75, 3.05) is 6.54 Å². The fraction of sp³-hybridized carbons (Fsp3) is 0.176. The molecule has 21 heavy (non-hydrogen) atoms. The van der Waals surface area contributed by atoms with Crippen molar-refractivity contribution in [3.63, 3.8) is 0 Å². The van der Waals surface area contributed by atoms with E-state index in [1.54, 1.807) is 0 Å². The maximum absolute atomic E-state index is 3.63. The average molecular weight is 406 g/mol. The molecular formula is C17H14Br2N2. The lowest BCUT2D eigenvalue weighted by Crippen LogP contribution is -2.30. The van der Waals surface area contributed by atoms with Gasteiger partial charge in [-0.3, -0.25) is 0 Å². The number of H-pyrrole nitrogens is 1. The molecule has 2 nitrogen and oxygen atoms in total. The average Bonchev–Trinajstić information content (AvgIpc) is 2.86. The molecule has 1 aliphatic heterocycles. The van der Waals surface area contributed by atoms with Crippen molar-refractivity contribution < 1.29 is 0 Å². The summed E-state index contributed by atoms with van der Waals surface area (Å²) in [7, 11) is 0. The minimum Gasteiger partial charge on any atom is -0.357 e. The van der Waals surface area contributed by atoms with Crippen LogP contribution in [0.2, 0.25) is 0 Å². The molecule has 2 N–H and O–H groups in total. The van der Waals surface area contributed by atoms with Gasteiger partial charge in [0.25, 0.3) is 0 Å². The molecule has 0 spiro atoms. The largest absolute Gasteiger partial charge is 0.357 e. The third-order valence-corrected chi connectivity index (χ3v) is 5.14. The van der Waals surface area contributed by atoms with E-state index in [4.69, 9.17) is 0 Å². The SMILES string of the molecule is Brc1ccc(C2NCCc3c2[nH]c2ccc(Br)cc32)cc1. The minimum atomic E-state index is 0.244. The van der Waals surface area contributed by atoms with Gasteiger partial charge in [0.15, 0.2) is 0 Å². The van der Waals surface area contributed by atoms with E-state index in [-0.39, 0.29) is 6.04 Å². The highest BCUT2D eigenvalue weighted by molar-refractivity contribution is 9.10. The minimum absolute atomic E-state index is 0.244. The number of halogens is 2. The number of aromatic amines is 1. The summed E-state index contributed by atoms with van der Waals surface area (Å²) in [4.78, 5) is 3.61.